The Morgan fingerprint density at radius 3 is 2.46 bits per heavy atom. The molecule has 0 saturated heterocycles. The third-order valence-corrected chi connectivity index (χ3v) is 4.84. The molecule has 3 aromatic rings. The standard InChI is InChI=1S/C20H20ClNO2/c1-13-16-6-4-5-7-18(16)22(2)19(13)17(20(23)24-3)12-14-8-10-15(21)11-9-14/h4-11,17H,12H2,1-3H3/t17-/m1/s1. The van der Waals surface area contributed by atoms with Gasteiger partial charge < -0.3 is 9.30 Å². The number of hydrogen-bond donors (Lipinski definition) is 0. The highest BCUT2D eigenvalue weighted by atomic mass is 35.5. The van der Waals surface area contributed by atoms with Crippen molar-refractivity contribution in [1.82, 2.24) is 4.57 Å². The van der Waals surface area contributed by atoms with Crippen LogP contribution in [0.15, 0.2) is 48.5 Å². The zero-order valence-corrected chi connectivity index (χ0v) is 14.8. The molecule has 0 spiro atoms. The maximum Gasteiger partial charge on any atom is 0.315 e. The number of hydrogen-bond acceptors (Lipinski definition) is 2. The second-order valence-electron chi connectivity index (χ2n) is 5.99. The highest BCUT2D eigenvalue weighted by Gasteiger charge is 2.28. The van der Waals surface area contributed by atoms with Crippen molar-refractivity contribution in [3.05, 3.63) is 70.4 Å². The van der Waals surface area contributed by atoms with Crippen molar-refractivity contribution in [2.45, 2.75) is 19.3 Å². The molecule has 0 saturated carbocycles. The van der Waals surface area contributed by atoms with E-state index < -0.39 is 0 Å². The Kier molecular flexibility index (Phi) is 4.63. The molecule has 0 radical (unpaired) electrons. The molecule has 0 bridgehead atoms. The quantitative estimate of drug-likeness (QED) is 0.647. The molecule has 0 fully saturated rings. The number of nitrogens with zero attached hydrogens (tertiary/aromatic N) is 1. The number of methoxy groups -OCH3 is 1. The lowest BCUT2D eigenvalue weighted by molar-refractivity contribution is -0.142. The number of ether oxygens (including phenoxy) is 1. The SMILES string of the molecule is COC(=O)[C@H](Cc1ccc(Cl)cc1)c1c(C)c2ccccc2n1C. The zero-order valence-electron chi connectivity index (χ0n) is 14.0. The molecule has 1 heterocycles. The van der Waals surface area contributed by atoms with E-state index in [1.807, 2.05) is 43.4 Å². The smallest absolute Gasteiger partial charge is 0.315 e. The van der Waals surface area contributed by atoms with Gasteiger partial charge in [0.05, 0.1) is 7.11 Å². The number of aromatic nitrogens is 1. The van der Waals surface area contributed by atoms with Gasteiger partial charge in [-0.05, 0) is 42.7 Å². The van der Waals surface area contributed by atoms with Crippen molar-refractivity contribution >= 4 is 28.5 Å². The first-order valence-corrected chi connectivity index (χ1v) is 8.27. The number of halogens is 1. The number of fused-ring (bicyclic) bond motifs is 1. The number of benzene rings is 2. The molecule has 0 aliphatic rings. The topological polar surface area (TPSA) is 31.2 Å². The van der Waals surface area contributed by atoms with Gasteiger partial charge >= 0.3 is 5.97 Å². The van der Waals surface area contributed by atoms with E-state index in [2.05, 4.69) is 23.6 Å². The van der Waals surface area contributed by atoms with Gasteiger partial charge in [0, 0.05) is 28.7 Å². The van der Waals surface area contributed by atoms with E-state index in [0.29, 0.717) is 11.4 Å². The summed E-state index contributed by atoms with van der Waals surface area (Å²) in [6.45, 7) is 2.06. The molecule has 4 heteroatoms. The summed E-state index contributed by atoms with van der Waals surface area (Å²) < 4.78 is 7.19. The van der Waals surface area contributed by atoms with E-state index >= 15 is 0 Å². The Morgan fingerprint density at radius 2 is 1.83 bits per heavy atom. The van der Waals surface area contributed by atoms with Crippen LogP contribution in [0.2, 0.25) is 5.02 Å². The van der Waals surface area contributed by atoms with Crippen LogP contribution in [-0.4, -0.2) is 17.6 Å². The summed E-state index contributed by atoms with van der Waals surface area (Å²) >= 11 is 5.96. The van der Waals surface area contributed by atoms with E-state index in [9.17, 15) is 4.79 Å². The Hall–Kier alpha value is -2.26. The summed E-state index contributed by atoms with van der Waals surface area (Å²) in [5, 5.41) is 1.86. The number of rotatable bonds is 4. The molecule has 0 N–H and O–H groups in total. The Morgan fingerprint density at radius 1 is 1.17 bits per heavy atom. The summed E-state index contributed by atoms with van der Waals surface area (Å²) in [5.74, 6) is -0.576. The molecule has 0 aliphatic heterocycles. The first-order chi connectivity index (χ1) is 11.5. The third-order valence-electron chi connectivity index (χ3n) is 4.58. The average Bonchev–Trinajstić information content (AvgIpc) is 2.85. The predicted molar refractivity (Wildman–Crippen MR) is 97.6 cm³/mol. The van der Waals surface area contributed by atoms with Gasteiger partial charge in [0.25, 0.3) is 0 Å². The van der Waals surface area contributed by atoms with Gasteiger partial charge in [-0.3, -0.25) is 4.79 Å². The van der Waals surface area contributed by atoms with E-state index in [4.69, 9.17) is 16.3 Å². The second kappa shape index (κ2) is 6.70. The number of aryl methyl sites for hydroxylation is 2. The molecular formula is C20H20ClNO2. The van der Waals surface area contributed by atoms with Crippen LogP contribution in [0.25, 0.3) is 10.9 Å². The van der Waals surface area contributed by atoms with Gasteiger partial charge in [-0.15, -0.1) is 0 Å². The number of carbonyl (C=O) groups is 1. The molecule has 0 amide bonds. The van der Waals surface area contributed by atoms with Gasteiger partial charge in [-0.25, -0.2) is 0 Å². The molecule has 1 atom stereocenters. The minimum atomic E-state index is -0.353. The monoisotopic (exact) mass is 341 g/mol. The number of para-hydroxylation sites is 1. The first-order valence-electron chi connectivity index (χ1n) is 7.89. The fourth-order valence-electron chi connectivity index (χ4n) is 3.39. The van der Waals surface area contributed by atoms with E-state index in [1.54, 1.807) is 0 Å². The molecule has 0 aliphatic carbocycles. The summed E-state index contributed by atoms with van der Waals surface area (Å²) in [4.78, 5) is 12.5. The number of carbonyl (C=O) groups excluding carboxylic acids is 1. The molecule has 1 aromatic heterocycles. The molecule has 3 nitrogen and oxygen atoms in total. The van der Waals surface area contributed by atoms with Gasteiger partial charge in [0.15, 0.2) is 0 Å². The molecule has 2 aromatic carbocycles. The maximum atomic E-state index is 12.5. The van der Waals surface area contributed by atoms with E-state index in [1.165, 1.54) is 12.5 Å². The van der Waals surface area contributed by atoms with Crippen molar-refractivity contribution in [3.63, 3.8) is 0 Å². The molecule has 24 heavy (non-hydrogen) atoms. The maximum absolute atomic E-state index is 12.5. The lowest BCUT2D eigenvalue weighted by atomic mass is 9.93. The van der Waals surface area contributed by atoms with Crippen LogP contribution in [0.5, 0.6) is 0 Å². The van der Waals surface area contributed by atoms with Crippen molar-refractivity contribution in [2.24, 2.45) is 7.05 Å². The highest BCUT2D eigenvalue weighted by Crippen LogP contribution is 2.32. The fourth-order valence-corrected chi connectivity index (χ4v) is 3.51. The summed E-state index contributed by atoms with van der Waals surface area (Å²) in [6.07, 6.45) is 0.578. The van der Waals surface area contributed by atoms with E-state index in [0.717, 1.165) is 22.3 Å². The minimum absolute atomic E-state index is 0.223. The fraction of sp³-hybridized carbons (Fsp3) is 0.250. The summed E-state index contributed by atoms with van der Waals surface area (Å²) in [5.41, 5.74) is 4.30. The summed E-state index contributed by atoms with van der Waals surface area (Å²) in [7, 11) is 3.44. The normalized spacial score (nSPS) is 12.3. The molecular weight excluding hydrogens is 322 g/mol. The van der Waals surface area contributed by atoms with Gasteiger partial charge in [0.2, 0.25) is 0 Å². The molecule has 0 unspecified atom stereocenters. The second-order valence-corrected chi connectivity index (χ2v) is 6.43. The Bertz CT molecular complexity index is 842. The average molecular weight is 342 g/mol. The lowest BCUT2D eigenvalue weighted by Crippen LogP contribution is -2.20. The van der Waals surface area contributed by atoms with Crippen molar-refractivity contribution < 1.29 is 9.53 Å². The van der Waals surface area contributed by atoms with Crippen molar-refractivity contribution in [2.75, 3.05) is 7.11 Å². The van der Waals surface area contributed by atoms with Crippen LogP contribution >= 0.6 is 11.6 Å². The molecule has 124 valence electrons. The Labute approximate surface area is 146 Å². The van der Waals surface area contributed by atoms with Gasteiger partial charge in [0.1, 0.15) is 5.92 Å². The Balaban J connectivity index is 2.10. The first kappa shape index (κ1) is 16.6. The molecule has 3 rings (SSSR count). The van der Waals surface area contributed by atoms with E-state index in [-0.39, 0.29) is 11.9 Å². The van der Waals surface area contributed by atoms with Crippen LogP contribution in [0.1, 0.15) is 22.7 Å². The van der Waals surface area contributed by atoms with Crippen LogP contribution in [-0.2, 0) is 23.0 Å². The van der Waals surface area contributed by atoms with Crippen molar-refractivity contribution in [3.8, 4) is 0 Å². The predicted octanol–water partition coefficient (Wildman–Crippen LogP) is 4.64. The van der Waals surface area contributed by atoms with Gasteiger partial charge in [-0.1, -0.05) is 41.9 Å². The van der Waals surface area contributed by atoms with Crippen LogP contribution in [0.3, 0.4) is 0 Å². The third kappa shape index (κ3) is 2.92. The van der Waals surface area contributed by atoms with Crippen molar-refractivity contribution in [1.29, 1.82) is 0 Å². The highest BCUT2D eigenvalue weighted by molar-refractivity contribution is 6.30. The number of esters is 1. The van der Waals surface area contributed by atoms with Crippen LogP contribution in [0, 0.1) is 6.92 Å². The zero-order chi connectivity index (χ0) is 17.3. The van der Waals surface area contributed by atoms with Crippen LogP contribution < -0.4 is 0 Å². The van der Waals surface area contributed by atoms with Crippen LogP contribution in [0.4, 0.5) is 0 Å². The lowest BCUT2D eigenvalue weighted by Gasteiger charge is -2.17. The summed E-state index contributed by atoms with van der Waals surface area (Å²) in [6, 6.07) is 15.8. The minimum Gasteiger partial charge on any atom is -0.468 e. The van der Waals surface area contributed by atoms with Gasteiger partial charge in [-0.2, -0.15) is 0 Å². The largest absolute Gasteiger partial charge is 0.468 e.